The number of phosphoric acid groups is 1. The first-order valence-electron chi connectivity index (χ1n) is 20.3. The fraction of sp³-hybridized carbons (Fsp3) is 0.568. The number of allylic oxidation sites excluding steroid dienone is 16. The zero-order valence-corrected chi connectivity index (χ0v) is 34.8. The lowest BCUT2D eigenvalue weighted by Crippen LogP contribution is -2.34. The maximum Gasteiger partial charge on any atom is 0.472 e. The number of rotatable bonds is 36. The minimum Gasteiger partial charge on any atom is -0.480 e. The van der Waals surface area contributed by atoms with E-state index in [1.54, 1.807) is 0 Å². The average Bonchev–Trinajstić information content (AvgIpc) is 3.17. The SMILES string of the molecule is CC/C=C/C/C=C/C/C=C/C/C=C/C/C=C/CCCC(=O)OC[C@H](COP(=O)(O)OC[C@H](N)C(=O)O)OC(=O)CCCCCCC/C=C/C/C=C/C/C=C/CC. The number of carboxylic acid groups (broad SMARTS) is 1. The van der Waals surface area contributed by atoms with Gasteiger partial charge in [0.15, 0.2) is 6.10 Å². The van der Waals surface area contributed by atoms with Gasteiger partial charge in [-0.3, -0.25) is 23.4 Å². The van der Waals surface area contributed by atoms with Gasteiger partial charge in [-0.15, -0.1) is 0 Å². The maximum atomic E-state index is 12.6. The summed E-state index contributed by atoms with van der Waals surface area (Å²) >= 11 is 0. The summed E-state index contributed by atoms with van der Waals surface area (Å²) in [6, 6.07) is -1.54. The van der Waals surface area contributed by atoms with Gasteiger partial charge in [-0.1, -0.05) is 130 Å². The quantitative estimate of drug-likeness (QED) is 0.0238. The van der Waals surface area contributed by atoms with Gasteiger partial charge in [-0.05, 0) is 83.5 Å². The van der Waals surface area contributed by atoms with Crippen LogP contribution >= 0.6 is 7.82 Å². The first-order valence-corrected chi connectivity index (χ1v) is 21.8. The van der Waals surface area contributed by atoms with E-state index in [1.165, 1.54) is 0 Å². The van der Waals surface area contributed by atoms with Crippen LogP contribution in [0.15, 0.2) is 97.2 Å². The standard InChI is InChI=1S/C44H70NO10P/c1-3-5-7-9-11-13-15-17-19-20-22-23-25-27-29-31-33-35-42(46)52-37-40(38-53-56(50,51)54-39-41(45)44(48)49)55-43(47)36-34-32-30-28-26-24-21-18-16-14-12-10-8-6-4-2/h5-8,11-14,17-19,21-23,27,29,40-41H,3-4,9-10,15-16,20,24-26,28,30-39,45H2,1-2H3,(H,48,49)(H,50,51)/b7-5+,8-6+,13-11+,14-12+,19-17+,21-18+,23-22+,29-27+/t40-,41+/m1/s1. The Morgan fingerprint density at radius 1 is 0.554 bits per heavy atom. The molecule has 1 unspecified atom stereocenters. The van der Waals surface area contributed by atoms with Crippen LogP contribution in [0.1, 0.15) is 129 Å². The summed E-state index contributed by atoms with van der Waals surface area (Å²) in [5.41, 5.74) is 5.32. The fourth-order valence-corrected chi connectivity index (χ4v) is 5.48. The molecule has 0 aromatic rings. The molecule has 0 fully saturated rings. The van der Waals surface area contributed by atoms with E-state index >= 15 is 0 Å². The molecule has 316 valence electrons. The van der Waals surface area contributed by atoms with Crippen LogP contribution < -0.4 is 5.73 Å². The minimum atomic E-state index is -4.74. The van der Waals surface area contributed by atoms with Gasteiger partial charge in [0.25, 0.3) is 0 Å². The second kappa shape index (κ2) is 38.3. The molecule has 11 nitrogen and oxygen atoms in total. The third kappa shape index (κ3) is 37.3. The lowest BCUT2D eigenvalue weighted by atomic mass is 10.1. The molecule has 0 aliphatic heterocycles. The second-order valence-electron chi connectivity index (χ2n) is 13.0. The Balaban J connectivity index is 4.55. The van der Waals surface area contributed by atoms with E-state index in [-0.39, 0.29) is 19.4 Å². The largest absolute Gasteiger partial charge is 0.480 e. The zero-order valence-electron chi connectivity index (χ0n) is 33.9. The van der Waals surface area contributed by atoms with E-state index in [2.05, 4.69) is 103 Å². The van der Waals surface area contributed by atoms with Gasteiger partial charge in [0.05, 0.1) is 13.2 Å². The van der Waals surface area contributed by atoms with Crippen molar-refractivity contribution in [3.63, 3.8) is 0 Å². The first-order chi connectivity index (χ1) is 27.1. The van der Waals surface area contributed by atoms with Crippen LogP contribution in [-0.2, 0) is 37.5 Å². The van der Waals surface area contributed by atoms with Crippen molar-refractivity contribution < 1.29 is 47.5 Å². The van der Waals surface area contributed by atoms with Crippen LogP contribution in [0.2, 0.25) is 0 Å². The predicted molar refractivity (Wildman–Crippen MR) is 226 cm³/mol. The van der Waals surface area contributed by atoms with E-state index < -0.39 is 51.1 Å². The number of aliphatic carboxylic acids is 1. The molecule has 0 rings (SSSR count). The summed E-state index contributed by atoms with van der Waals surface area (Å²) in [5, 5.41) is 8.88. The van der Waals surface area contributed by atoms with E-state index in [1.807, 2.05) is 12.2 Å². The van der Waals surface area contributed by atoms with Gasteiger partial charge >= 0.3 is 25.7 Å². The van der Waals surface area contributed by atoms with Crippen molar-refractivity contribution in [2.45, 2.75) is 142 Å². The third-order valence-corrected chi connectivity index (χ3v) is 8.78. The molecule has 0 radical (unpaired) electrons. The van der Waals surface area contributed by atoms with Gasteiger partial charge in [0, 0.05) is 12.8 Å². The van der Waals surface area contributed by atoms with Gasteiger partial charge in [0.1, 0.15) is 12.6 Å². The average molecular weight is 804 g/mol. The Kier molecular flexibility index (Phi) is 35.8. The molecule has 0 aliphatic rings. The monoisotopic (exact) mass is 803 g/mol. The zero-order chi connectivity index (χ0) is 41.4. The van der Waals surface area contributed by atoms with Gasteiger partial charge in [0.2, 0.25) is 0 Å². The first kappa shape index (κ1) is 52.4. The summed E-state index contributed by atoms with van der Waals surface area (Å²) in [4.78, 5) is 45.9. The summed E-state index contributed by atoms with van der Waals surface area (Å²) < 4.78 is 32.6. The Morgan fingerprint density at radius 2 is 0.964 bits per heavy atom. The number of ether oxygens (including phenoxy) is 2. The summed E-state index contributed by atoms with van der Waals surface area (Å²) in [6.45, 7) is 2.47. The molecule has 4 N–H and O–H groups in total. The molecule has 12 heteroatoms. The molecule has 0 saturated carbocycles. The van der Waals surface area contributed by atoms with E-state index in [0.717, 1.165) is 83.5 Å². The molecule has 0 bridgehead atoms. The Hall–Kier alpha value is -3.60. The number of carbonyl (C=O) groups excluding carboxylic acids is 2. The van der Waals surface area contributed by atoms with Crippen LogP contribution in [-0.4, -0.2) is 59.9 Å². The van der Waals surface area contributed by atoms with Crippen LogP contribution in [0.5, 0.6) is 0 Å². The number of nitrogens with two attached hydrogens (primary N) is 1. The lowest BCUT2D eigenvalue weighted by Gasteiger charge is -2.20. The van der Waals surface area contributed by atoms with Crippen molar-refractivity contribution in [2.24, 2.45) is 5.73 Å². The lowest BCUT2D eigenvalue weighted by molar-refractivity contribution is -0.161. The summed E-state index contributed by atoms with van der Waals surface area (Å²) in [5.74, 6) is -2.49. The highest BCUT2D eigenvalue weighted by Gasteiger charge is 2.28. The van der Waals surface area contributed by atoms with Crippen molar-refractivity contribution in [1.82, 2.24) is 0 Å². The van der Waals surface area contributed by atoms with Gasteiger partial charge in [-0.25, -0.2) is 4.57 Å². The van der Waals surface area contributed by atoms with E-state index in [4.69, 9.17) is 24.8 Å². The van der Waals surface area contributed by atoms with Gasteiger partial charge in [-0.2, -0.15) is 0 Å². The third-order valence-electron chi connectivity index (χ3n) is 7.83. The number of esters is 2. The number of carboxylic acids is 1. The van der Waals surface area contributed by atoms with Crippen LogP contribution in [0.3, 0.4) is 0 Å². The highest BCUT2D eigenvalue weighted by molar-refractivity contribution is 7.47. The highest BCUT2D eigenvalue weighted by atomic mass is 31.2. The smallest absolute Gasteiger partial charge is 0.472 e. The predicted octanol–water partition coefficient (Wildman–Crippen LogP) is 10.5. The van der Waals surface area contributed by atoms with Crippen LogP contribution in [0.25, 0.3) is 0 Å². The molecule has 0 aromatic carbocycles. The Labute approximate surface area is 336 Å². The topological polar surface area (TPSA) is 172 Å². The fourth-order valence-electron chi connectivity index (χ4n) is 4.70. The van der Waals surface area contributed by atoms with Gasteiger partial charge < -0.3 is 25.2 Å². The molecular formula is C44H70NO10P. The number of hydrogen-bond donors (Lipinski definition) is 3. The Bertz CT molecular complexity index is 1310. The summed E-state index contributed by atoms with van der Waals surface area (Å²) in [7, 11) is -4.74. The summed E-state index contributed by atoms with van der Waals surface area (Å²) in [6.07, 6.45) is 47.7. The molecule has 3 atom stereocenters. The number of hydrogen-bond acceptors (Lipinski definition) is 9. The van der Waals surface area contributed by atoms with Crippen molar-refractivity contribution >= 4 is 25.7 Å². The molecule has 0 aliphatic carbocycles. The number of unbranched alkanes of at least 4 members (excludes halogenated alkanes) is 6. The Morgan fingerprint density at radius 3 is 1.46 bits per heavy atom. The van der Waals surface area contributed by atoms with Crippen molar-refractivity contribution in [3.8, 4) is 0 Å². The molecule has 0 saturated heterocycles. The molecule has 0 spiro atoms. The normalized spacial score (nSPS) is 14.8. The molecule has 0 amide bonds. The van der Waals surface area contributed by atoms with E-state index in [0.29, 0.717) is 19.3 Å². The second-order valence-corrected chi connectivity index (χ2v) is 14.5. The number of carbonyl (C=O) groups is 3. The van der Waals surface area contributed by atoms with E-state index in [9.17, 15) is 23.8 Å². The van der Waals surface area contributed by atoms with Crippen LogP contribution in [0.4, 0.5) is 0 Å². The number of phosphoric ester groups is 1. The molecule has 0 heterocycles. The molecule has 56 heavy (non-hydrogen) atoms. The van der Waals surface area contributed by atoms with Crippen LogP contribution in [0, 0.1) is 0 Å². The van der Waals surface area contributed by atoms with Crippen molar-refractivity contribution in [2.75, 3.05) is 19.8 Å². The van der Waals surface area contributed by atoms with Crippen molar-refractivity contribution in [1.29, 1.82) is 0 Å². The molecule has 0 aromatic heterocycles. The molecular weight excluding hydrogens is 733 g/mol. The highest BCUT2D eigenvalue weighted by Crippen LogP contribution is 2.43. The minimum absolute atomic E-state index is 0.123. The maximum absolute atomic E-state index is 12.6. The van der Waals surface area contributed by atoms with Crippen molar-refractivity contribution in [3.05, 3.63) is 97.2 Å².